The molecule has 140 valence electrons. The highest BCUT2D eigenvalue weighted by Gasteiger charge is 2.46. The van der Waals surface area contributed by atoms with Crippen LogP contribution in [0.3, 0.4) is 0 Å². The van der Waals surface area contributed by atoms with Crippen molar-refractivity contribution >= 4 is 29.0 Å². The van der Waals surface area contributed by atoms with E-state index in [9.17, 15) is 19.1 Å². The Morgan fingerprint density at radius 2 is 2.00 bits per heavy atom. The molecule has 2 aromatic rings. The zero-order chi connectivity index (χ0) is 19.9. The fourth-order valence-electron chi connectivity index (χ4n) is 3.00. The van der Waals surface area contributed by atoms with Crippen LogP contribution in [0.25, 0.3) is 0 Å². The number of amides is 1. The van der Waals surface area contributed by atoms with E-state index in [-0.39, 0.29) is 22.1 Å². The number of nitrogens with zero attached hydrogens (tertiary/aromatic N) is 2. The summed E-state index contributed by atoms with van der Waals surface area (Å²) in [5.41, 5.74) is -0.0204. The van der Waals surface area contributed by atoms with E-state index in [1.807, 2.05) is 0 Å². The summed E-state index contributed by atoms with van der Waals surface area (Å²) in [5.74, 6) is -2.37. The first-order valence-electron chi connectivity index (χ1n) is 8.29. The van der Waals surface area contributed by atoms with Crippen molar-refractivity contribution in [3.63, 3.8) is 0 Å². The van der Waals surface area contributed by atoms with E-state index in [1.54, 1.807) is 39.1 Å². The Labute approximate surface area is 161 Å². The standard InChI is InChI=1S/C20H18ClFN2O3/c1-20(2,3)18(26)15-16(11-5-4-8-23-10-11)24(19(27)17(15)25)12-6-7-14(22)13(21)9-12/h4-10,16,25H,1-3H3. The summed E-state index contributed by atoms with van der Waals surface area (Å²) in [6, 6.07) is 6.28. The van der Waals surface area contributed by atoms with Crippen LogP contribution in [0.1, 0.15) is 32.4 Å². The van der Waals surface area contributed by atoms with Crippen LogP contribution in [0.4, 0.5) is 10.1 Å². The number of aliphatic hydroxyl groups excluding tert-OH is 1. The average Bonchev–Trinajstić information content (AvgIpc) is 2.88. The molecule has 0 radical (unpaired) electrons. The highest BCUT2D eigenvalue weighted by Crippen LogP contribution is 2.43. The number of carbonyl (C=O) groups is 2. The van der Waals surface area contributed by atoms with E-state index >= 15 is 0 Å². The van der Waals surface area contributed by atoms with Crippen LogP contribution < -0.4 is 4.90 Å². The van der Waals surface area contributed by atoms with Gasteiger partial charge >= 0.3 is 0 Å². The summed E-state index contributed by atoms with van der Waals surface area (Å²) in [5, 5.41) is 10.4. The number of pyridine rings is 1. The smallest absolute Gasteiger partial charge is 0.294 e. The van der Waals surface area contributed by atoms with Crippen LogP contribution in [0.5, 0.6) is 0 Å². The third kappa shape index (κ3) is 3.32. The van der Waals surface area contributed by atoms with Crippen molar-refractivity contribution in [2.45, 2.75) is 26.8 Å². The lowest BCUT2D eigenvalue weighted by molar-refractivity contribution is -0.123. The molecule has 1 atom stereocenters. The third-order valence-electron chi connectivity index (χ3n) is 4.32. The van der Waals surface area contributed by atoms with Gasteiger partial charge in [0.2, 0.25) is 0 Å². The monoisotopic (exact) mass is 388 g/mol. The van der Waals surface area contributed by atoms with E-state index in [2.05, 4.69) is 4.98 Å². The van der Waals surface area contributed by atoms with Crippen LogP contribution in [-0.2, 0) is 9.59 Å². The van der Waals surface area contributed by atoms with Gasteiger partial charge in [0.15, 0.2) is 11.5 Å². The molecule has 3 rings (SSSR count). The zero-order valence-corrected chi connectivity index (χ0v) is 15.8. The molecule has 1 aliphatic rings. The third-order valence-corrected chi connectivity index (χ3v) is 4.61. The first-order chi connectivity index (χ1) is 12.6. The summed E-state index contributed by atoms with van der Waals surface area (Å²) in [4.78, 5) is 31.1. The summed E-state index contributed by atoms with van der Waals surface area (Å²) in [6.45, 7) is 5.12. The molecule has 2 heterocycles. The fraction of sp³-hybridized carbons (Fsp3) is 0.250. The lowest BCUT2D eigenvalue weighted by Gasteiger charge is -2.28. The van der Waals surface area contributed by atoms with Gasteiger partial charge in [0.25, 0.3) is 5.91 Å². The van der Waals surface area contributed by atoms with Crippen LogP contribution in [-0.4, -0.2) is 21.8 Å². The highest BCUT2D eigenvalue weighted by molar-refractivity contribution is 6.31. The predicted octanol–water partition coefficient (Wildman–Crippen LogP) is 4.39. The topological polar surface area (TPSA) is 70.5 Å². The second-order valence-corrected chi connectivity index (χ2v) is 7.71. The molecule has 0 saturated heterocycles. The van der Waals surface area contributed by atoms with Gasteiger partial charge in [0.05, 0.1) is 16.6 Å². The number of carbonyl (C=O) groups excluding carboxylic acids is 2. The predicted molar refractivity (Wildman–Crippen MR) is 100.0 cm³/mol. The molecule has 1 amide bonds. The first kappa shape index (κ1) is 19.0. The molecule has 7 heteroatoms. The first-order valence-corrected chi connectivity index (χ1v) is 8.67. The Morgan fingerprint density at radius 3 is 2.56 bits per heavy atom. The second kappa shape index (κ2) is 6.78. The lowest BCUT2D eigenvalue weighted by Crippen LogP contribution is -2.32. The number of ketones is 1. The molecular weight excluding hydrogens is 371 g/mol. The molecule has 1 N–H and O–H groups in total. The van der Waals surface area contributed by atoms with Crippen molar-refractivity contribution in [2.24, 2.45) is 5.41 Å². The van der Waals surface area contributed by atoms with E-state index in [0.717, 1.165) is 6.07 Å². The molecule has 1 aromatic carbocycles. The molecule has 0 aliphatic carbocycles. The van der Waals surface area contributed by atoms with Gasteiger partial charge in [0.1, 0.15) is 5.82 Å². The molecule has 1 aromatic heterocycles. The number of Topliss-reactive ketones (excluding diaryl/α,β-unsaturated/α-hetero) is 1. The van der Waals surface area contributed by atoms with E-state index < -0.39 is 28.9 Å². The Morgan fingerprint density at radius 1 is 1.30 bits per heavy atom. The van der Waals surface area contributed by atoms with Crippen molar-refractivity contribution in [1.82, 2.24) is 4.98 Å². The number of hydrogen-bond donors (Lipinski definition) is 1. The number of aliphatic hydroxyl groups is 1. The summed E-state index contributed by atoms with van der Waals surface area (Å²) in [6.07, 6.45) is 3.08. The Hall–Kier alpha value is -2.73. The van der Waals surface area contributed by atoms with Crippen molar-refractivity contribution in [3.05, 3.63) is 70.5 Å². The Balaban J connectivity index is 2.21. The van der Waals surface area contributed by atoms with Crippen LogP contribution in [0.15, 0.2) is 54.1 Å². The van der Waals surface area contributed by atoms with Gasteiger partial charge in [-0.05, 0) is 29.8 Å². The second-order valence-electron chi connectivity index (χ2n) is 7.30. The Bertz CT molecular complexity index is 951. The number of benzene rings is 1. The SMILES string of the molecule is CC(C)(C)C(=O)C1=C(O)C(=O)N(c2ccc(F)c(Cl)c2)C1c1cccnc1. The van der Waals surface area contributed by atoms with Crippen molar-refractivity contribution in [3.8, 4) is 0 Å². The molecule has 0 fully saturated rings. The maximum atomic E-state index is 13.6. The minimum Gasteiger partial charge on any atom is -0.503 e. The molecule has 5 nitrogen and oxygen atoms in total. The molecule has 1 aliphatic heterocycles. The van der Waals surface area contributed by atoms with Gasteiger partial charge in [-0.25, -0.2) is 4.39 Å². The number of rotatable bonds is 3. The van der Waals surface area contributed by atoms with E-state index in [4.69, 9.17) is 11.6 Å². The van der Waals surface area contributed by atoms with Crippen LogP contribution >= 0.6 is 11.6 Å². The maximum absolute atomic E-state index is 13.6. The molecular formula is C20H18ClFN2O3. The highest BCUT2D eigenvalue weighted by atomic mass is 35.5. The van der Waals surface area contributed by atoms with E-state index in [1.165, 1.54) is 23.2 Å². The number of aromatic nitrogens is 1. The largest absolute Gasteiger partial charge is 0.503 e. The quantitative estimate of drug-likeness (QED) is 0.846. The van der Waals surface area contributed by atoms with Crippen molar-refractivity contribution in [2.75, 3.05) is 4.90 Å². The summed E-state index contributed by atoms with van der Waals surface area (Å²) in [7, 11) is 0. The van der Waals surface area contributed by atoms with Crippen LogP contribution in [0, 0.1) is 11.2 Å². The summed E-state index contributed by atoms with van der Waals surface area (Å²) < 4.78 is 13.6. The molecule has 1 unspecified atom stereocenters. The number of anilines is 1. The van der Waals surface area contributed by atoms with Gasteiger partial charge in [-0.15, -0.1) is 0 Å². The van der Waals surface area contributed by atoms with Crippen LogP contribution in [0.2, 0.25) is 5.02 Å². The zero-order valence-electron chi connectivity index (χ0n) is 15.0. The molecule has 0 bridgehead atoms. The van der Waals surface area contributed by atoms with Gasteiger partial charge in [-0.1, -0.05) is 38.4 Å². The minimum atomic E-state index is -0.889. The van der Waals surface area contributed by atoms with Gasteiger partial charge in [-0.3, -0.25) is 19.5 Å². The van der Waals surface area contributed by atoms with Crippen molar-refractivity contribution < 1.29 is 19.1 Å². The number of hydrogen-bond acceptors (Lipinski definition) is 4. The summed E-state index contributed by atoms with van der Waals surface area (Å²) >= 11 is 5.87. The number of halogens is 2. The lowest BCUT2D eigenvalue weighted by atomic mass is 9.82. The van der Waals surface area contributed by atoms with Gasteiger partial charge < -0.3 is 5.11 Å². The fourth-order valence-corrected chi connectivity index (χ4v) is 3.17. The molecule has 27 heavy (non-hydrogen) atoms. The molecule has 0 spiro atoms. The van der Waals surface area contributed by atoms with Gasteiger partial charge in [-0.2, -0.15) is 0 Å². The Kier molecular flexibility index (Phi) is 4.78. The minimum absolute atomic E-state index is 0.0130. The van der Waals surface area contributed by atoms with E-state index in [0.29, 0.717) is 5.56 Å². The normalized spacial score (nSPS) is 17.6. The van der Waals surface area contributed by atoms with Crippen molar-refractivity contribution in [1.29, 1.82) is 0 Å². The maximum Gasteiger partial charge on any atom is 0.294 e. The van der Waals surface area contributed by atoms with Gasteiger partial charge in [0, 0.05) is 23.5 Å². The molecule has 0 saturated carbocycles. The average molecular weight is 389 g/mol.